The highest BCUT2D eigenvalue weighted by Gasteiger charge is 2.19. The number of carboxylic acids is 1. The van der Waals surface area contributed by atoms with E-state index in [0.717, 1.165) is 18.2 Å². The van der Waals surface area contributed by atoms with Crippen molar-refractivity contribution in [2.24, 2.45) is 0 Å². The van der Waals surface area contributed by atoms with Gasteiger partial charge in [-0.3, -0.25) is 4.79 Å². The molecule has 108 valence electrons. The smallest absolute Gasteiger partial charge is 0.337 e. The zero-order chi connectivity index (χ0) is 15.6. The standard InChI is InChI=1S/C14H8BrF2NO3/c15-11-7(3-1-5-9(11)16)13(19)18-12-8(14(20)21)4-2-6-10(12)17/h1-6H,(H,18,19)(H,20,21). The number of carboxylic acid groups (broad SMARTS) is 1. The number of benzene rings is 2. The van der Waals surface area contributed by atoms with Gasteiger partial charge in [0.05, 0.1) is 21.3 Å². The summed E-state index contributed by atoms with van der Waals surface area (Å²) >= 11 is 2.91. The lowest BCUT2D eigenvalue weighted by Gasteiger charge is -2.10. The predicted octanol–water partition coefficient (Wildman–Crippen LogP) is 3.68. The highest BCUT2D eigenvalue weighted by atomic mass is 79.9. The molecule has 2 N–H and O–H groups in total. The van der Waals surface area contributed by atoms with Crippen molar-refractivity contribution in [3.05, 3.63) is 63.6 Å². The van der Waals surface area contributed by atoms with E-state index in [9.17, 15) is 18.4 Å². The summed E-state index contributed by atoms with van der Waals surface area (Å²) in [6.45, 7) is 0. The third-order valence-corrected chi connectivity index (χ3v) is 3.48. The number of aromatic carboxylic acids is 1. The van der Waals surface area contributed by atoms with Crippen LogP contribution in [-0.4, -0.2) is 17.0 Å². The lowest BCUT2D eigenvalue weighted by molar-refractivity contribution is 0.0697. The van der Waals surface area contributed by atoms with Gasteiger partial charge >= 0.3 is 5.97 Å². The largest absolute Gasteiger partial charge is 0.478 e. The summed E-state index contributed by atoms with van der Waals surface area (Å²) in [4.78, 5) is 23.1. The molecule has 4 nitrogen and oxygen atoms in total. The Morgan fingerprint density at radius 3 is 2.19 bits per heavy atom. The maximum Gasteiger partial charge on any atom is 0.337 e. The predicted molar refractivity (Wildman–Crippen MR) is 75.4 cm³/mol. The van der Waals surface area contributed by atoms with Crippen LogP contribution >= 0.6 is 15.9 Å². The fourth-order valence-corrected chi connectivity index (χ4v) is 2.13. The molecule has 0 aliphatic rings. The summed E-state index contributed by atoms with van der Waals surface area (Å²) in [5.74, 6) is -3.76. The van der Waals surface area contributed by atoms with E-state index in [1.54, 1.807) is 0 Å². The molecule has 0 saturated carbocycles. The van der Waals surface area contributed by atoms with Crippen molar-refractivity contribution >= 4 is 33.5 Å². The fourth-order valence-electron chi connectivity index (χ4n) is 1.69. The number of amides is 1. The quantitative estimate of drug-likeness (QED) is 0.882. The Bertz CT molecular complexity index is 734. The first-order valence-corrected chi connectivity index (χ1v) is 6.48. The van der Waals surface area contributed by atoms with Crippen LogP contribution < -0.4 is 5.32 Å². The first-order valence-electron chi connectivity index (χ1n) is 5.69. The van der Waals surface area contributed by atoms with Crippen molar-refractivity contribution < 1.29 is 23.5 Å². The molecular formula is C14H8BrF2NO3. The van der Waals surface area contributed by atoms with Gasteiger partial charge in [-0.05, 0) is 40.2 Å². The number of carbonyl (C=O) groups excluding carboxylic acids is 1. The van der Waals surface area contributed by atoms with E-state index in [0.29, 0.717) is 0 Å². The Labute approximate surface area is 126 Å². The summed E-state index contributed by atoms with van der Waals surface area (Å²) in [5, 5.41) is 11.1. The van der Waals surface area contributed by atoms with Crippen LogP contribution in [0.4, 0.5) is 14.5 Å². The van der Waals surface area contributed by atoms with E-state index >= 15 is 0 Å². The summed E-state index contributed by atoms with van der Waals surface area (Å²) in [6.07, 6.45) is 0. The third-order valence-electron chi connectivity index (χ3n) is 2.68. The van der Waals surface area contributed by atoms with Gasteiger partial charge in [0.2, 0.25) is 0 Å². The van der Waals surface area contributed by atoms with Gasteiger partial charge in [0, 0.05) is 0 Å². The van der Waals surface area contributed by atoms with Crippen molar-refractivity contribution in [2.45, 2.75) is 0 Å². The van der Waals surface area contributed by atoms with E-state index < -0.39 is 34.8 Å². The van der Waals surface area contributed by atoms with Crippen molar-refractivity contribution in [3.8, 4) is 0 Å². The Kier molecular flexibility index (Phi) is 4.32. The molecule has 0 saturated heterocycles. The molecule has 0 aliphatic carbocycles. The van der Waals surface area contributed by atoms with Crippen LogP contribution in [0.2, 0.25) is 0 Å². The van der Waals surface area contributed by atoms with Gasteiger partial charge < -0.3 is 10.4 Å². The minimum atomic E-state index is -1.39. The molecule has 1 amide bonds. The van der Waals surface area contributed by atoms with Gasteiger partial charge in [-0.25, -0.2) is 13.6 Å². The lowest BCUT2D eigenvalue weighted by Crippen LogP contribution is -2.17. The average molecular weight is 356 g/mol. The van der Waals surface area contributed by atoms with Gasteiger partial charge in [-0.1, -0.05) is 12.1 Å². The number of para-hydroxylation sites is 1. The monoisotopic (exact) mass is 355 g/mol. The Morgan fingerprint density at radius 1 is 1.00 bits per heavy atom. The van der Waals surface area contributed by atoms with Crippen LogP contribution in [0.3, 0.4) is 0 Å². The van der Waals surface area contributed by atoms with Gasteiger partial charge in [-0.15, -0.1) is 0 Å². The van der Waals surface area contributed by atoms with Crippen LogP contribution in [-0.2, 0) is 0 Å². The molecule has 0 radical (unpaired) electrons. The van der Waals surface area contributed by atoms with Gasteiger partial charge in [0.15, 0.2) is 0 Å². The lowest BCUT2D eigenvalue weighted by atomic mass is 10.1. The molecule has 0 unspecified atom stereocenters. The van der Waals surface area contributed by atoms with Crippen molar-refractivity contribution in [1.29, 1.82) is 0 Å². The second kappa shape index (κ2) is 6.01. The van der Waals surface area contributed by atoms with Crippen molar-refractivity contribution in [3.63, 3.8) is 0 Å². The van der Waals surface area contributed by atoms with E-state index in [1.165, 1.54) is 18.2 Å². The molecule has 7 heteroatoms. The zero-order valence-electron chi connectivity index (χ0n) is 10.4. The van der Waals surface area contributed by atoms with E-state index in [1.807, 2.05) is 0 Å². The third kappa shape index (κ3) is 3.08. The summed E-state index contributed by atoms with van der Waals surface area (Å²) in [5.41, 5.74) is -0.934. The second-order valence-corrected chi connectivity index (χ2v) is 4.82. The number of rotatable bonds is 3. The minimum absolute atomic E-state index is 0.0745. The average Bonchev–Trinajstić information content (AvgIpc) is 2.43. The van der Waals surface area contributed by atoms with Gasteiger partial charge in [0.25, 0.3) is 5.91 Å². The minimum Gasteiger partial charge on any atom is -0.478 e. The fraction of sp³-hybridized carbons (Fsp3) is 0. The highest BCUT2D eigenvalue weighted by molar-refractivity contribution is 9.10. The maximum absolute atomic E-state index is 13.7. The van der Waals surface area contributed by atoms with Gasteiger partial charge in [-0.2, -0.15) is 0 Å². The van der Waals surface area contributed by atoms with Crippen molar-refractivity contribution in [1.82, 2.24) is 0 Å². The first kappa shape index (κ1) is 15.1. The Hall–Kier alpha value is -2.28. The van der Waals surface area contributed by atoms with Crippen LogP contribution in [0.1, 0.15) is 20.7 Å². The molecule has 2 rings (SSSR count). The van der Waals surface area contributed by atoms with Crippen LogP contribution in [0.15, 0.2) is 40.9 Å². The van der Waals surface area contributed by atoms with Crippen LogP contribution in [0.5, 0.6) is 0 Å². The molecule has 0 aromatic heterocycles. The van der Waals surface area contributed by atoms with Crippen molar-refractivity contribution in [2.75, 3.05) is 5.32 Å². The van der Waals surface area contributed by atoms with E-state index in [2.05, 4.69) is 21.2 Å². The molecule has 0 aliphatic heterocycles. The molecule has 0 atom stereocenters. The molecule has 0 heterocycles. The molecule has 0 bridgehead atoms. The topological polar surface area (TPSA) is 66.4 Å². The molecule has 0 fully saturated rings. The first-order chi connectivity index (χ1) is 9.91. The Morgan fingerprint density at radius 2 is 1.57 bits per heavy atom. The maximum atomic E-state index is 13.7. The molecule has 2 aromatic carbocycles. The van der Waals surface area contributed by atoms with Crippen LogP contribution in [0, 0.1) is 11.6 Å². The van der Waals surface area contributed by atoms with Crippen LogP contribution in [0.25, 0.3) is 0 Å². The molecule has 0 spiro atoms. The summed E-state index contributed by atoms with van der Waals surface area (Å²) < 4.78 is 27.0. The normalized spacial score (nSPS) is 10.2. The molecule has 2 aromatic rings. The molecular weight excluding hydrogens is 348 g/mol. The zero-order valence-corrected chi connectivity index (χ0v) is 11.9. The van der Waals surface area contributed by atoms with E-state index in [4.69, 9.17) is 5.11 Å². The highest BCUT2D eigenvalue weighted by Crippen LogP contribution is 2.24. The number of carbonyl (C=O) groups is 2. The summed E-state index contributed by atoms with van der Waals surface area (Å²) in [6, 6.07) is 7.17. The number of halogens is 3. The SMILES string of the molecule is O=C(Nc1c(F)cccc1C(=O)O)c1cccc(F)c1Br. The summed E-state index contributed by atoms with van der Waals surface area (Å²) in [7, 11) is 0. The Balaban J connectivity index is 2.41. The number of hydrogen-bond acceptors (Lipinski definition) is 2. The molecule has 21 heavy (non-hydrogen) atoms. The van der Waals surface area contributed by atoms with Gasteiger partial charge in [0.1, 0.15) is 11.6 Å². The number of hydrogen-bond donors (Lipinski definition) is 2. The number of anilines is 1. The second-order valence-electron chi connectivity index (χ2n) is 4.02. The van der Waals surface area contributed by atoms with E-state index in [-0.39, 0.29) is 10.0 Å². The number of nitrogens with one attached hydrogen (secondary N) is 1.